The van der Waals surface area contributed by atoms with E-state index in [9.17, 15) is 0 Å². The molecule has 0 spiro atoms. The molecule has 1 aromatic heterocycles. The number of pyridine rings is 1. The molecule has 0 N–H and O–H groups in total. The van der Waals surface area contributed by atoms with Crippen molar-refractivity contribution in [3.63, 3.8) is 0 Å². The molecule has 0 amide bonds. The molecule has 15 heavy (non-hydrogen) atoms. The second kappa shape index (κ2) is 4.49. The Morgan fingerprint density at radius 1 is 1.00 bits per heavy atom. The van der Waals surface area contributed by atoms with Crippen molar-refractivity contribution in [3.8, 4) is 0 Å². The molecule has 0 fully saturated rings. The van der Waals surface area contributed by atoms with Crippen LogP contribution in [0.1, 0.15) is 0 Å². The first-order valence-electron chi connectivity index (χ1n) is 3.79. The standard InChI is InChI=1S/C9H2Br3Cl2N/c10-5-6(11)8(14)4-1-3(13)2-15-9(4)7(5)12/h1-2H. The van der Waals surface area contributed by atoms with Crippen LogP contribution in [0.15, 0.2) is 25.7 Å². The van der Waals surface area contributed by atoms with E-state index in [0.717, 1.165) is 24.3 Å². The maximum absolute atomic E-state index is 6.18. The molecule has 0 aliphatic heterocycles. The van der Waals surface area contributed by atoms with E-state index in [0.29, 0.717) is 10.0 Å². The smallest absolute Gasteiger partial charge is 0.0872 e. The maximum atomic E-state index is 6.18. The van der Waals surface area contributed by atoms with Gasteiger partial charge in [0.2, 0.25) is 0 Å². The van der Waals surface area contributed by atoms with Crippen molar-refractivity contribution in [3.05, 3.63) is 35.7 Å². The topological polar surface area (TPSA) is 12.9 Å². The van der Waals surface area contributed by atoms with Gasteiger partial charge in [0.15, 0.2) is 0 Å². The average Bonchev–Trinajstić information content (AvgIpc) is 2.23. The Balaban J connectivity index is 3.00. The van der Waals surface area contributed by atoms with E-state index in [4.69, 9.17) is 23.2 Å². The molecule has 0 radical (unpaired) electrons. The van der Waals surface area contributed by atoms with E-state index in [1.165, 1.54) is 0 Å². The summed E-state index contributed by atoms with van der Waals surface area (Å²) in [7, 11) is 0. The van der Waals surface area contributed by atoms with Crippen molar-refractivity contribution in [2.75, 3.05) is 0 Å². The van der Waals surface area contributed by atoms with E-state index in [-0.39, 0.29) is 0 Å². The lowest BCUT2D eigenvalue weighted by atomic mass is 10.2. The number of aromatic nitrogens is 1. The Morgan fingerprint density at radius 2 is 1.67 bits per heavy atom. The molecule has 0 aliphatic rings. The van der Waals surface area contributed by atoms with Crippen LogP contribution in [0.5, 0.6) is 0 Å². The van der Waals surface area contributed by atoms with Gasteiger partial charge >= 0.3 is 0 Å². The number of halogens is 5. The van der Waals surface area contributed by atoms with Gasteiger partial charge in [-0.3, -0.25) is 4.98 Å². The van der Waals surface area contributed by atoms with Gasteiger partial charge in [0.1, 0.15) is 0 Å². The van der Waals surface area contributed by atoms with Gasteiger partial charge in [-0.2, -0.15) is 0 Å². The summed E-state index contributed by atoms with van der Waals surface area (Å²) in [5.74, 6) is 0. The van der Waals surface area contributed by atoms with Crippen LogP contribution < -0.4 is 0 Å². The van der Waals surface area contributed by atoms with Gasteiger partial charge in [-0.15, -0.1) is 0 Å². The SMILES string of the molecule is Clc1cnc2c(Br)c(Br)c(Br)c(Cl)c2c1. The first-order chi connectivity index (χ1) is 7.02. The number of hydrogen-bond acceptors (Lipinski definition) is 1. The zero-order chi connectivity index (χ0) is 11.2. The molecule has 0 aliphatic carbocycles. The molecular formula is C9H2Br3Cl2N. The van der Waals surface area contributed by atoms with Crippen LogP contribution in [-0.2, 0) is 0 Å². The number of hydrogen-bond donors (Lipinski definition) is 0. The number of rotatable bonds is 0. The van der Waals surface area contributed by atoms with Crippen LogP contribution in [0.2, 0.25) is 10.0 Å². The normalized spacial score (nSPS) is 11.0. The van der Waals surface area contributed by atoms with Crippen molar-refractivity contribution in [1.82, 2.24) is 4.98 Å². The van der Waals surface area contributed by atoms with Crippen molar-refractivity contribution in [2.45, 2.75) is 0 Å². The lowest BCUT2D eigenvalue weighted by Crippen LogP contribution is -1.85. The highest BCUT2D eigenvalue weighted by atomic mass is 79.9. The highest BCUT2D eigenvalue weighted by molar-refractivity contribution is 9.14. The second-order valence-corrected chi connectivity index (χ2v) is 6.00. The van der Waals surface area contributed by atoms with E-state index >= 15 is 0 Å². The molecule has 1 nitrogen and oxygen atoms in total. The molecule has 1 heterocycles. The van der Waals surface area contributed by atoms with Crippen LogP contribution in [0.4, 0.5) is 0 Å². The Bertz CT molecular complexity index is 557. The minimum atomic E-state index is 0.561. The number of benzene rings is 1. The third-order valence-electron chi connectivity index (χ3n) is 1.88. The lowest BCUT2D eigenvalue weighted by molar-refractivity contribution is 1.39. The van der Waals surface area contributed by atoms with Crippen molar-refractivity contribution < 1.29 is 0 Å². The predicted molar refractivity (Wildman–Crippen MR) is 74.9 cm³/mol. The molecule has 1 aromatic carbocycles. The average molecular weight is 435 g/mol. The largest absolute Gasteiger partial charge is 0.253 e. The number of nitrogens with zero attached hydrogens (tertiary/aromatic N) is 1. The molecule has 0 bridgehead atoms. The van der Waals surface area contributed by atoms with Gasteiger partial charge in [0.25, 0.3) is 0 Å². The molecule has 78 valence electrons. The molecule has 2 aromatic rings. The molecule has 0 unspecified atom stereocenters. The van der Waals surface area contributed by atoms with Crippen LogP contribution in [-0.4, -0.2) is 4.98 Å². The summed E-state index contributed by atoms with van der Waals surface area (Å²) >= 11 is 22.3. The third-order valence-corrected chi connectivity index (χ3v) is 6.13. The molecule has 0 atom stereocenters. The molecule has 2 rings (SSSR count). The first kappa shape index (κ1) is 12.1. The summed E-state index contributed by atoms with van der Waals surface area (Å²) in [6, 6.07) is 1.79. The Labute approximate surface area is 122 Å². The molecule has 0 saturated carbocycles. The van der Waals surface area contributed by atoms with Crippen LogP contribution in [0.3, 0.4) is 0 Å². The van der Waals surface area contributed by atoms with Crippen molar-refractivity contribution in [1.29, 1.82) is 0 Å². The predicted octanol–water partition coefficient (Wildman–Crippen LogP) is 5.83. The highest BCUT2D eigenvalue weighted by Gasteiger charge is 2.14. The summed E-state index contributed by atoms with van der Waals surface area (Å²) in [5.41, 5.74) is 0.777. The summed E-state index contributed by atoms with van der Waals surface area (Å²) < 4.78 is 2.48. The summed E-state index contributed by atoms with van der Waals surface area (Å²) in [6.45, 7) is 0. The zero-order valence-electron chi connectivity index (χ0n) is 6.99. The molecule has 0 saturated heterocycles. The minimum absolute atomic E-state index is 0.561. The van der Waals surface area contributed by atoms with Gasteiger partial charge in [-0.25, -0.2) is 0 Å². The first-order valence-corrected chi connectivity index (χ1v) is 6.93. The highest BCUT2D eigenvalue weighted by Crippen LogP contribution is 2.42. The Morgan fingerprint density at radius 3 is 2.33 bits per heavy atom. The van der Waals surface area contributed by atoms with Gasteiger partial charge in [-0.1, -0.05) is 23.2 Å². The Kier molecular flexibility index (Phi) is 3.63. The van der Waals surface area contributed by atoms with Crippen LogP contribution in [0, 0.1) is 0 Å². The van der Waals surface area contributed by atoms with Gasteiger partial charge in [-0.05, 0) is 53.9 Å². The van der Waals surface area contributed by atoms with Crippen molar-refractivity contribution >= 4 is 81.9 Å². The fraction of sp³-hybridized carbons (Fsp3) is 0. The van der Waals surface area contributed by atoms with E-state index < -0.39 is 0 Å². The van der Waals surface area contributed by atoms with Gasteiger partial charge < -0.3 is 0 Å². The molecule has 6 heteroatoms. The molecular weight excluding hydrogens is 433 g/mol. The monoisotopic (exact) mass is 431 g/mol. The summed E-state index contributed by atoms with van der Waals surface area (Å²) in [6.07, 6.45) is 1.59. The maximum Gasteiger partial charge on any atom is 0.0872 e. The fourth-order valence-electron chi connectivity index (χ4n) is 1.20. The van der Waals surface area contributed by atoms with E-state index in [1.54, 1.807) is 12.3 Å². The minimum Gasteiger partial charge on any atom is -0.253 e. The number of fused-ring (bicyclic) bond motifs is 1. The van der Waals surface area contributed by atoms with Gasteiger partial charge in [0, 0.05) is 16.1 Å². The van der Waals surface area contributed by atoms with E-state index in [1.807, 2.05) is 0 Å². The Hall–Kier alpha value is 0.650. The van der Waals surface area contributed by atoms with Gasteiger partial charge in [0.05, 0.1) is 24.5 Å². The summed E-state index contributed by atoms with van der Waals surface area (Å²) in [4.78, 5) is 4.23. The van der Waals surface area contributed by atoms with Crippen molar-refractivity contribution in [2.24, 2.45) is 0 Å². The van der Waals surface area contributed by atoms with Crippen LogP contribution in [0.25, 0.3) is 10.9 Å². The fourth-order valence-corrected chi connectivity index (χ4v) is 3.29. The quantitative estimate of drug-likeness (QED) is 0.375. The second-order valence-electron chi connectivity index (χ2n) is 2.81. The van der Waals surface area contributed by atoms with Crippen LogP contribution >= 0.6 is 71.0 Å². The lowest BCUT2D eigenvalue weighted by Gasteiger charge is -2.08. The third kappa shape index (κ3) is 2.07. The zero-order valence-corrected chi connectivity index (χ0v) is 13.3. The van der Waals surface area contributed by atoms with E-state index in [2.05, 4.69) is 52.8 Å². The summed E-state index contributed by atoms with van der Waals surface area (Å²) in [5, 5.41) is 1.96.